The second-order valence-corrected chi connectivity index (χ2v) is 20.6. The Morgan fingerprint density at radius 2 is 1.76 bits per heavy atom. The number of pyridine rings is 1. The molecule has 2 aromatic heterocycles. The monoisotopic (exact) mass is 940 g/mol. The van der Waals surface area contributed by atoms with E-state index in [9.17, 15) is 29.5 Å². The third-order valence-electron chi connectivity index (χ3n) is 12.4. The molecule has 4 aromatic rings. The topological polar surface area (TPSA) is 208 Å². The van der Waals surface area contributed by atoms with E-state index in [1.165, 1.54) is 11.1 Å². The fourth-order valence-corrected chi connectivity index (χ4v) is 10.2. The van der Waals surface area contributed by atoms with Crippen LogP contribution in [0.5, 0.6) is 5.75 Å². The van der Waals surface area contributed by atoms with Crippen LogP contribution in [0.15, 0.2) is 66.3 Å². The molecule has 5 N–H and O–H groups in total. The van der Waals surface area contributed by atoms with Crippen LogP contribution in [0.3, 0.4) is 0 Å². The zero-order valence-corrected chi connectivity index (χ0v) is 40.4. The van der Waals surface area contributed by atoms with E-state index in [-0.39, 0.29) is 50.1 Å². The zero-order chi connectivity index (χ0) is 48.0. The van der Waals surface area contributed by atoms with Gasteiger partial charge in [-0.1, -0.05) is 84.3 Å². The molecule has 1 unspecified atom stereocenters. The standard InChI is InChI=1S/C49H61ClN8O7S/c1-29-40(66-28-55-29)31-13-11-30(12-14-31)24-54-43(62)37-21-34(59)26-58(37)44(63)41(47(2,3)4)56-39(60)27-64-20-10-9-19-52-38-18-16-33(25-53-38)42(61)57-45-48(5,6)46(49(45,7)8)65-35-17-15-32(23-51)36(50)22-35/h11-18,22,25,28,34,37,41,45-46,59H,9-10,19-21,24,26-27H2,1-8H3,(H,52,53)(H,54,62)(H,56,60)(H,57,61)/t34-,37+,41?,45-,46-/m1/s1. The van der Waals surface area contributed by atoms with E-state index < -0.39 is 46.2 Å². The van der Waals surface area contributed by atoms with Gasteiger partial charge < -0.3 is 40.7 Å². The highest BCUT2D eigenvalue weighted by molar-refractivity contribution is 7.13. The van der Waals surface area contributed by atoms with E-state index in [4.69, 9.17) is 21.1 Å². The first-order valence-corrected chi connectivity index (χ1v) is 23.5. The smallest absolute Gasteiger partial charge is 0.253 e. The number of anilines is 1. The van der Waals surface area contributed by atoms with Gasteiger partial charge in [-0.05, 0) is 60.6 Å². The maximum absolute atomic E-state index is 14.0. The highest BCUT2D eigenvalue weighted by Crippen LogP contribution is 2.55. The number of likely N-dealkylation sites (tertiary alicyclic amines) is 1. The molecule has 17 heteroatoms. The van der Waals surface area contributed by atoms with Crippen LogP contribution in [-0.4, -0.2) is 100 Å². The number of thiazole rings is 1. The van der Waals surface area contributed by atoms with Crippen LogP contribution >= 0.6 is 22.9 Å². The lowest BCUT2D eigenvalue weighted by Crippen LogP contribution is -2.74. The molecule has 6 rings (SSSR count). The molecule has 0 radical (unpaired) electrons. The number of carbonyl (C=O) groups is 4. The van der Waals surface area contributed by atoms with E-state index in [2.05, 4.69) is 37.3 Å². The third kappa shape index (κ3) is 11.7. The first-order chi connectivity index (χ1) is 31.2. The molecule has 0 bridgehead atoms. The quantitative estimate of drug-likeness (QED) is 0.0666. The lowest BCUT2D eigenvalue weighted by atomic mass is 9.49. The van der Waals surface area contributed by atoms with Gasteiger partial charge in [-0.2, -0.15) is 5.26 Å². The van der Waals surface area contributed by atoms with E-state index in [1.54, 1.807) is 41.7 Å². The molecule has 3 atom stereocenters. The number of nitrogens with one attached hydrogen (secondary N) is 4. The number of hydrogen-bond acceptors (Lipinski definition) is 12. The lowest BCUT2D eigenvalue weighted by Gasteiger charge is -2.63. The molecule has 1 aliphatic carbocycles. The maximum atomic E-state index is 14.0. The fourth-order valence-electron chi connectivity index (χ4n) is 9.14. The van der Waals surface area contributed by atoms with Gasteiger partial charge in [-0.3, -0.25) is 19.2 Å². The summed E-state index contributed by atoms with van der Waals surface area (Å²) in [4.78, 5) is 65.0. The summed E-state index contributed by atoms with van der Waals surface area (Å²) in [5.74, 6) is -0.335. The lowest BCUT2D eigenvalue weighted by molar-refractivity contribution is -0.164. The number of hydrogen-bond donors (Lipinski definition) is 5. The van der Waals surface area contributed by atoms with Gasteiger partial charge in [0.2, 0.25) is 17.7 Å². The van der Waals surface area contributed by atoms with Gasteiger partial charge in [-0.25, -0.2) is 9.97 Å². The molecule has 1 saturated heterocycles. The van der Waals surface area contributed by atoms with Crippen LogP contribution < -0.4 is 26.0 Å². The molecular weight excluding hydrogens is 880 g/mol. The number of nitriles is 1. The van der Waals surface area contributed by atoms with Crippen molar-refractivity contribution in [2.45, 2.75) is 112 Å². The fraction of sp³-hybridized carbons (Fsp3) is 0.490. The minimum Gasteiger partial charge on any atom is -0.489 e. The second-order valence-electron chi connectivity index (χ2n) is 19.4. The van der Waals surface area contributed by atoms with E-state index >= 15 is 0 Å². The van der Waals surface area contributed by atoms with Crippen molar-refractivity contribution >= 4 is 52.4 Å². The molecular formula is C49H61ClN8O7S. The SMILES string of the molecule is Cc1ncsc1-c1ccc(CNC(=O)[C@@H]2C[C@@H](O)CN2C(=O)C(NC(=O)COCCCCNc2ccc(C(=O)N[C@H]3C(C)(C)[C@H](Oc4ccc(C#N)c(Cl)c4)C3(C)C)cn2)C(C)(C)C)cc1. The summed E-state index contributed by atoms with van der Waals surface area (Å²) >= 11 is 7.80. The third-order valence-corrected chi connectivity index (χ3v) is 13.7. The Bertz CT molecular complexity index is 2400. The molecule has 1 saturated carbocycles. The Balaban J connectivity index is 0.896. The number of benzene rings is 2. The molecule has 3 heterocycles. The number of aromatic nitrogens is 2. The van der Waals surface area contributed by atoms with Crippen molar-refractivity contribution in [2.75, 3.05) is 31.6 Å². The largest absolute Gasteiger partial charge is 0.489 e. The van der Waals surface area contributed by atoms with Crippen LogP contribution in [0.1, 0.15) is 94.9 Å². The van der Waals surface area contributed by atoms with Gasteiger partial charge in [0.1, 0.15) is 42.4 Å². The molecule has 2 aromatic carbocycles. The number of aryl methyl sites for hydroxylation is 1. The number of ether oxygens (including phenoxy) is 2. The number of aliphatic hydroxyl groups excluding tert-OH is 1. The van der Waals surface area contributed by atoms with Crippen molar-refractivity contribution in [1.82, 2.24) is 30.8 Å². The first kappa shape index (κ1) is 49.8. The molecule has 2 aliphatic rings. The van der Waals surface area contributed by atoms with Crippen molar-refractivity contribution in [2.24, 2.45) is 16.2 Å². The Morgan fingerprint density at radius 1 is 1.03 bits per heavy atom. The number of amides is 4. The number of carbonyl (C=O) groups excluding carboxylic acids is 4. The van der Waals surface area contributed by atoms with E-state index in [0.717, 1.165) is 28.1 Å². The summed E-state index contributed by atoms with van der Waals surface area (Å²) in [5.41, 5.74) is 4.00. The van der Waals surface area contributed by atoms with Gasteiger partial charge in [0.05, 0.1) is 38.3 Å². The summed E-state index contributed by atoms with van der Waals surface area (Å²) in [6.07, 6.45) is 1.90. The number of β-amino-alcohol motifs (C(OH)–C–C–N with tert-alkyl or cyclic N) is 1. The van der Waals surface area contributed by atoms with Crippen molar-refractivity contribution in [3.8, 4) is 22.3 Å². The predicted octanol–water partition coefficient (Wildman–Crippen LogP) is 6.67. The zero-order valence-electron chi connectivity index (χ0n) is 38.9. The second kappa shape index (κ2) is 20.9. The maximum Gasteiger partial charge on any atom is 0.253 e. The van der Waals surface area contributed by atoms with Gasteiger partial charge in [0.15, 0.2) is 0 Å². The molecule has 352 valence electrons. The highest BCUT2D eigenvalue weighted by Gasteiger charge is 2.64. The summed E-state index contributed by atoms with van der Waals surface area (Å²) in [6.45, 7) is 16.5. The summed E-state index contributed by atoms with van der Waals surface area (Å²) in [7, 11) is 0. The van der Waals surface area contributed by atoms with Crippen LogP contribution in [0.25, 0.3) is 10.4 Å². The molecule has 15 nitrogen and oxygen atoms in total. The summed E-state index contributed by atoms with van der Waals surface area (Å²) in [6, 6.07) is 16.3. The normalized spacial score (nSPS) is 20.0. The van der Waals surface area contributed by atoms with Gasteiger partial charge in [0.25, 0.3) is 5.91 Å². The molecule has 2 fully saturated rings. The van der Waals surface area contributed by atoms with Crippen LogP contribution in [-0.2, 0) is 25.7 Å². The summed E-state index contributed by atoms with van der Waals surface area (Å²) in [5, 5.41) is 32.3. The van der Waals surface area contributed by atoms with Crippen molar-refractivity contribution < 1.29 is 33.8 Å². The average molecular weight is 942 g/mol. The van der Waals surface area contributed by atoms with Crippen LogP contribution in [0.2, 0.25) is 5.02 Å². The number of nitrogens with zero attached hydrogens (tertiary/aromatic N) is 4. The first-order valence-electron chi connectivity index (χ1n) is 22.2. The van der Waals surface area contributed by atoms with Crippen LogP contribution in [0, 0.1) is 34.5 Å². The number of rotatable bonds is 18. The number of halogens is 1. The average Bonchev–Trinajstić information content (AvgIpc) is 3.89. The predicted molar refractivity (Wildman–Crippen MR) is 254 cm³/mol. The van der Waals surface area contributed by atoms with Crippen molar-refractivity contribution in [3.05, 3.63) is 93.7 Å². The van der Waals surface area contributed by atoms with Gasteiger partial charge >= 0.3 is 0 Å². The Morgan fingerprint density at radius 3 is 2.38 bits per heavy atom. The van der Waals surface area contributed by atoms with E-state index in [0.29, 0.717) is 47.3 Å². The van der Waals surface area contributed by atoms with Crippen molar-refractivity contribution in [1.29, 1.82) is 5.26 Å². The molecule has 4 amide bonds. The van der Waals surface area contributed by atoms with Gasteiger partial charge in [0, 0.05) is 61.8 Å². The van der Waals surface area contributed by atoms with Crippen LogP contribution in [0.4, 0.5) is 5.82 Å². The Labute approximate surface area is 396 Å². The van der Waals surface area contributed by atoms with E-state index in [1.807, 2.05) is 85.2 Å². The molecule has 0 spiro atoms. The van der Waals surface area contributed by atoms with Gasteiger partial charge in [-0.15, -0.1) is 11.3 Å². The highest BCUT2D eigenvalue weighted by atomic mass is 35.5. The minimum atomic E-state index is -0.962. The molecule has 1 aliphatic heterocycles. The number of unbranched alkanes of at least 4 members (excludes halogenated alkanes) is 1. The number of aliphatic hydroxyl groups is 1. The van der Waals surface area contributed by atoms with Crippen molar-refractivity contribution in [3.63, 3.8) is 0 Å². The minimum absolute atomic E-state index is 0.0175. The summed E-state index contributed by atoms with van der Waals surface area (Å²) < 4.78 is 12.0. The Kier molecular flexibility index (Phi) is 15.8. The Hall–Kier alpha value is -5.60. The molecule has 66 heavy (non-hydrogen) atoms.